The molecule has 9 rings (SSSR count). The first kappa shape index (κ1) is 39.9. The number of fused-ring (bicyclic) bond motifs is 3. The number of nitrogen functional groups attached to an aromatic ring is 1. The fourth-order valence-electron chi connectivity index (χ4n) is 7.77. The summed E-state index contributed by atoms with van der Waals surface area (Å²) in [5.74, 6) is -1.60. The van der Waals surface area contributed by atoms with Gasteiger partial charge in [0, 0.05) is 23.7 Å². The number of amides is 1. The van der Waals surface area contributed by atoms with Crippen LogP contribution in [-0.4, -0.2) is 78.7 Å². The number of hydrogen-bond acceptors (Lipinski definition) is 14. The lowest BCUT2D eigenvalue weighted by Crippen LogP contribution is -2.37. The van der Waals surface area contributed by atoms with E-state index in [4.69, 9.17) is 38.9 Å². The predicted octanol–water partition coefficient (Wildman–Crippen LogP) is 5.64. The molecular formula is C44H42N6O10S. The highest BCUT2D eigenvalue weighted by Gasteiger charge is 2.55. The van der Waals surface area contributed by atoms with Gasteiger partial charge in [-0.25, -0.2) is 23.4 Å². The van der Waals surface area contributed by atoms with Crippen molar-refractivity contribution in [2.24, 2.45) is 0 Å². The third-order valence-corrected chi connectivity index (χ3v) is 12.5. The van der Waals surface area contributed by atoms with Crippen LogP contribution in [0.5, 0.6) is 23.0 Å². The van der Waals surface area contributed by atoms with Gasteiger partial charge in [0.05, 0.1) is 35.9 Å². The van der Waals surface area contributed by atoms with E-state index in [2.05, 4.69) is 20.3 Å². The standard InChI is InChI=1S/C44H42N6O10S/c1-25-8-18-30(19-9-25)61(52,53)31-21-32(36-34(22-31)57-44(60-36,26-10-14-28(54-4)15-11-26)27-12-16-29(55-5)17-13-27)41(51)46-20-6-7-33-37-38(59-43(2,3)58-37)42(56-33)50-24-49-35-39(45)47-23-48-40(35)50/h6-19,21-24,33,37-38,42H,20H2,1-5H3,(H,46,51)(H2,45,47,48)/t33-,37-,38-,42-/m1/s1. The van der Waals surface area contributed by atoms with Crippen molar-refractivity contribution in [3.63, 3.8) is 0 Å². The molecule has 3 aliphatic heterocycles. The molecule has 4 aromatic carbocycles. The number of ether oxygens (including phenoxy) is 7. The number of carbonyl (C=O) groups excluding carboxylic acids is 1. The highest BCUT2D eigenvalue weighted by molar-refractivity contribution is 7.91. The fraction of sp³-hybridized carbons (Fsp3) is 0.273. The fourth-order valence-corrected chi connectivity index (χ4v) is 9.07. The van der Waals surface area contributed by atoms with Gasteiger partial charge in [0.25, 0.3) is 5.91 Å². The summed E-state index contributed by atoms with van der Waals surface area (Å²) in [4.78, 5) is 27.0. The lowest BCUT2D eigenvalue weighted by molar-refractivity contribution is -0.191. The van der Waals surface area contributed by atoms with Gasteiger partial charge in [0.15, 0.2) is 35.0 Å². The van der Waals surface area contributed by atoms with Gasteiger partial charge >= 0.3 is 5.79 Å². The number of imidazole rings is 1. The molecule has 3 aliphatic rings. The van der Waals surface area contributed by atoms with Crippen LogP contribution in [0.4, 0.5) is 5.82 Å². The summed E-state index contributed by atoms with van der Waals surface area (Å²) in [5, 5.41) is 2.90. The van der Waals surface area contributed by atoms with Crippen LogP contribution in [0.15, 0.2) is 120 Å². The average Bonchev–Trinajstić information content (AvgIpc) is 4.03. The predicted molar refractivity (Wildman–Crippen MR) is 220 cm³/mol. The molecule has 5 heterocycles. The molecule has 0 spiro atoms. The van der Waals surface area contributed by atoms with E-state index in [0.29, 0.717) is 33.8 Å². The van der Waals surface area contributed by atoms with Crippen molar-refractivity contribution in [1.29, 1.82) is 0 Å². The van der Waals surface area contributed by atoms with E-state index in [1.807, 2.05) is 20.8 Å². The summed E-state index contributed by atoms with van der Waals surface area (Å²) < 4.78 is 73.4. The van der Waals surface area contributed by atoms with Crippen molar-refractivity contribution in [3.05, 3.63) is 132 Å². The second-order valence-corrected chi connectivity index (χ2v) is 17.1. The Morgan fingerprint density at radius 3 is 2.18 bits per heavy atom. The maximum Gasteiger partial charge on any atom is 0.305 e. The number of methoxy groups -OCH3 is 2. The van der Waals surface area contributed by atoms with Crippen LogP contribution in [0.1, 0.15) is 47.1 Å². The Labute approximate surface area is 351 Å². The average molecular weight is 847 g/mol. The second kappa shape index (κ2) is 15.2. The van der Waals surface area contributed by atoms with Gasteiger partial charge in [0.2, 0.25) is 9.84 Å². The molecule has 2 saturated heterocycles. The first-order valence-electron chi connectivity index (χ1n) is 19.4. The summed E-state index contributed by atoms with van der Waals surface area (Å²) in [6, 6.07) is 23.3. The molecule has 3 N–H and O–H groups in total. The molecule has 0 aliphatic carbocycles. The first-order chi connectivity index (χ1) is 29.3. The Hall–Kier alpha value is -6.53. The minimum atomic E-state index is -4.14. The lowest BCUT2D eigenvalue weighted by Gasteiger charge is -2.29. The Balaban J connectivity index is 1.04. The quantitative estimate of drug-likeness (QED) is 0.152. The molecule has 16 nitrogen and oxygen atoms in total. The lowest BCUT2D eigenvalue weighted by atomic mass is 9.97. The molecule has 0 bridgehead atoms. The summed E-state index contributed by atoms with van der Waals surface area (Å²) >= 11 is 0. The highest BCUT2D eigenvalue weighted by atomic mass is 32.2. The Kier molecular flexibility index (Phi) is 9.93. The van der Waals surface area contributed by atoms with Crippen LogP contribution >= 0.6 is 0 Å². The number of benzene rings is 4. The van der Waals surface area contributed by atoms with E-state index in [0.717, 1.165) is 5.56 Å². The molecule has 1 amide bonds. The van der Waals surface area contributed by atoms with Gasteiger partial charge in [-0.15, -0.1) is 0 Å². The second-order valence-electron chi connectivity index (χ2n) is 15.2. The van der Waals surface area contributed by atoms with Crippen LogP contribution in [-0.2, 0) is 29.8 Å². The summed E-state index contributed by atoms with van der Waals surface area (Å²) in [7, 11) is -1.02. The van der Waals surface area contributed by atoms with Crippen LogP contribution in [0, 0.1) is 6.92 Å². The van der Waals surface area contributed by atoms with Gasteiger partial charge in [-0.1, -0.05) is 29.8 Å². The number of nitrogens with one attached hydrogen (secondary N) is 1. The molecule has 314 valence electrons. The molecule has 61 heavy (non-hydrogen) atoms. The number of anilines is 1. The SMILES string of the molecule is COc1ccc(C2(c3ccc(OC)cc3)Oc3cc(S(=O)(=O)c4ccc(C)cc4)cc(C(=O)NCC=C[C@H]4O[C@@H](n5cnc6c(N)ncnc65)[C@@H]5OC(C)(C)O[C@@H]54)c3O2)cc1. The van der Waals surface area contributed by atoms with Gasteiger partial charge in [-0.2, -0.15) is 0 Å². The number of aryl methyl sites for hydroxylation is 1. The molecule has 4 atom stereocenters. The topological polar surface area (TPSA) is 197 Å². The maximum absolute atomic E-state index is 14.3. The number of aromatic nitrogens is 4. The van der Waals surface area contributed by atoms with Gasteiger partial charge < -0.3 is 44.2 Å². The van der Waals surface area contributed by atoms with Crippen molar-refractivity contribution in [1.82, 2.24) is 24.8 Å². The Bertz CT molecular complexity index is 2730. The molecule has 6 aromatic rings. The maximum atomic E-state index is 14.3. The molecule has 0 radical (unpaired) electrons. The largest absolute Gasteiger partial charge is 0.497 e. The van der Waals surface area contributed by atoms with Gasteiger partial charge in [-0.3, -0.25) is 9.36 Å². The first-order valence-corrected chi connectivity index (χ1v) is 20.8. The third-order valence-electron chi connectivity index (χ3n) is 10.8. The number of sulfone groups is 1. The summed E-state index contributed by atoms with van der Waals surface area (Å²) in [6.45, 7) is 5.54. The van der Waals surface area contributed by atoms with Crippen LogP contribution in [0.2, 0.25) is 0 Å². The molecule has 2 aromatic heterocycles. The van der Waals surface area contributed by atoms with Crippen molar-refractivity contribution in [3.8, 4) is 23.0 Å². The van der Waals surface area contributed by atoms with E-state index in [9.17, 15) is 13.2 Å². The molecule has 0 saturated carbocycles. The number of nitrogens with zero attached hydrogens (tertiary/aromatic N) is 4. The van der Waals surface area contributed by atoms with E-state index >= 15 is 0 Å². The van der Waals surface area contributed by atoms with E-state index in [-0.39, 0.29) is 39.2 Å². The molecule has 17 heteroatoms. The molecule has 2 fully saturated rings. The summed E-state index contributed by atoms with van der Waals surface area (Å²) in [6.07, 6.45) is 4.16. The zero-order valence-electron chi connectivity index (χ0n) is 33.8. The number of nitrogens with two attached hydrogens (primary N) is 1. The van der Waals surface area contributed by atoms with Crippen molar-refractivity contribution < 1.29 is 46.4 Å². The van der Waals surface area contributed by atoms with Crippen LogP contribution < -0.4 is 30.0 Å². The van der Waals surface area contributed by atoms with Gasteiger partial charge in [-0.05, 0) is 87.5 Å². The van der Waals surface area contributed by atoms with Crippen molar-refractivity contribution >= 4 is 32.7 Å². The van der Waals surface area contributed by atoms with Crippen LogP contribution in [0.25, 0.3) is 11.2 Å². The number of hydrogen-bond donors (Lipinski definition) is 2. The smallest absolute Gasteiger partial charge is 0.305 e. The zero-order chi connectivity index (χ0) is 42.7. The molecule has 0 unspecified atom stereocenters. The molecular weight excluding hydrogens is 805 g/mol. The number of carbonyl (C=O) groups is 1. The third kappa shape index (κ3) is 7.08. The van der Waals surface area contributed by atoms with Crippen molar-refractivity contribution in [2.75, 3.05) is 26.5 Å². The zero-order valence-corrected chi connectivity index (χ0v) is 34.6. The highest BCUT2D eigenvalue weighted by Crippen LogP contribution is 2.51. The minimum absolute atomic E-state index is 0.0232. The van der Waals surface area contributed by atoms with Gasteiger partial charge in [0.1, 0.15) is 41.7 Å². The Morgan fingerprint density at radius 2 is 1.52 bits per heavy atom. The monoisotopic (exact) mass is 846 g/mol. The van der Waals surface area contributed by atoms with Crippen LogP contribution in [0.3, 0.4) is 0 Å². The van der Waals surface area contributed by atoms with E-state index < -0.39 is 51.9 Å². The number of rotatable bonds is 11. The minimum Gasteiger partial charge on any atom is -0.497 e. The Morgan fingerprint density at radius 1 is 0.869 bits per heavy atom. The van der Waals surface area contributed by atoms with E-state index in [1.54, 1.807) is 97.9 Å². The van der Waals surface area contributed by atoms with E-state index in [1.165, 1.54) is 30.6 Å². The van der Waals surface area contributed by atoms with Crippen molar-refractivity contribution in [2.45, 2.75) is 66.7 Å². The summed E-state index contributed by atoms with van der Waals surface area (Å²) in [5.41, 5.74) is 8.91. The normalized spacial score (nSPS) is 21.1.